The first-order chi connectivity index (χ1) is 7.25. The topological polar surface area (TPSA) is 17.1 Å². The van der Waals surface area contributed by atoms with Crippen molar-refractivity contribution in [3.63, 3.8) is 0 Å². The van der Waals surface area contributed by atoms with Gasteiger partial charge in [0.1, 0.15) is 5.78 Å². The molecule has 16 heavy (non-hydrogen) atoms. The van der Waals surface area contributed by atoms with E-state index in [1.54, 1.807) is 0 Å². The maximum atomic E-state index is 11.9. The zero-order valence-corrected chi connectivity index (χ0v) is 12.1. The SMILES string of the molecule is CCC(C)(C)C(=O)CCCC[N+](C)(C)CC. The Balaban J connectivity index is 3.80. The van der Waals surface area contributed by atoms with Gasteiger partial charge in [-0.3, -0.25) is 4.79 Å². The monoisotopic (exact) mass is 228 g/mol. The zero-order chi connectivity index (χ0) is 12.8. The first-order valence-corrected chi connectivity index (χ1v) is 6.60. The third kappa shape index (κ3) is 5.64. The van der Waals surface area contributed by atoms with E-state index in [1.165, 1.54) is 6.54 Å². The fraction of sp³-hybridized carbons (Fsp3) is 0.929. The highest BCUT2D eigenvalue weighted by Crippen LogP contribution is 2.23. The number of quaternary nitrogens is 1. The number of unbranched alkanes of at least 4 members (excludes halogenated alkanes) is 1. The van der Waals surface area contributed by atoms with E-state index in [1.807, 2.05) is 0 Å². The van der Waals surface area contributed by atoms with E-state index < -0.39 is 0 Å². The molecule has 0 heterocycles. The molecule has 0 aliphatic rings. The van der Waals surface area contributed by atoms with Gasteiger partial charge in [-0.2, -0.15) is 0 Å². The van der Waals surface area contributed by atoms with Gasteiger partial charge in [0.15, 0.2) is 0 Å². The Morgan fingerprint density at radius 2 is 1.69 bits per heavy atom. The molecule has 0 N–H and O–H groups in total. The van der Waals surface area contributed by atoms with Crippen LogP contribution in [-0.2, 0) is 4.79 Å². The lowest BCUT2D eigenvalue weighted by atomic mass is 9.83. The lowest BCUT2D eigenvalue weighted by Gasteiger charge is -2.28. The smallest absolute Gasteiger partial charge is 0.138 e. The van der Waals surface area contributed by atoms with Gasteiger partial charge >= 0.3 is 0 Å². The molecule has 96 valence electrons. The molecule has 0 aromatic heterocycles. The molecule has 0 saturated carbocycles. The lowest BCUT2D eigenvalue weighted by molar-refractivity contribution is -0.888. The molecule has 0 aliphatic carbocycles. The van der Waals surface area contributed by atoms with Crippen molar-refractivity contribution in [1.29, 1.82) is 0 Å². The van der Waals surface area contributed by atoms with Crippen molar-refractivity contribution in [3.05, 3.63) is 0 Å². The molecule has 0 radical (unpaired) electrons. The first kappa shape index (κ1) is 15.6. The van der Waals surface area contributed by atoms with Crippen molar-refractivity contribution in [3.8, 4) is 0 Å². The highest BCUT2D eigenvalue weighted by atomic mass is 16.1. The highest BCUT2D eigenvalue weighted by Gasteiger charge is 2.24. The summed E-state index contributed by atoms with van der Waals surface area (Å²) < 4.78 is 1.06. The van der Waals surface area contributed by atoms with Crippen LogP contribution in [0.2, 0.25) is 0 Å². The van der Waals surface area contributed by atoms with E-state index in [9.17, 15) is 4.79 Å². The van der Waals surface area contributed by atoms with Gasteiger partial charge in [0.05, 0.1) is 27.2 Å². The van der Waals surface area contributed by atoms with E-state index in [0.717, 1.165) is 36.7 Å². The van der Waals surface area contributed by atoms with Gasteiger partial charge in [-0.15, -0.1) is 0 Å². The third-order valence-corrected chi connectivity index (χ3v) is 3.91. The number of rotatable bonds is 8. The minimum Gasteiger partial charge on any atom is -0.329 e. The summed E-state index contributed by atoms with van der Waals surface area (Å²) in [6.45, 7) is 10.8. The molecule has 2 nitrogen and oxygen atoms in total. The second kappa shape index (κ2) is 6.39. The number of hydrogen-bond acceptors (Lipinski definition) is 1. The van der Waals surface area contributed by atoms with Crippen molar-refractivity contribution in [2.24, 2.45) is 5.41 Å². The Bertz CT molecular complexity index is 219. The maximum Gasteiger partial charge on any atom is 0.138 e. The molecule has 0 bridgehead atoms. The standard InChI is InChI=1S/C14H30NO/c1-7-14(3,4)13(16)11-9-10-12-15(5,6)8-2/h7-12H2,1-6H3/q+1. The molecule has 0 aromatic rings. The molecular formula is C14H30NO+. The van der Waals surface area contributed by atoms with Gasteiger partial charge in [-0.25, -0.2) is 0 Å². The van der Waals surface area contributed by atoms with Gasteiger partial charge < -0.3 is 4.48 Å². The molecule has 0 saturated heterocycles. The van der Waals surface area contributed by atoms with Crippen LogP contribution in [-0.4, -0.2) is 37.5 Å². The minimum absolute atomic E-state index is 0.116. The van der Waals surface area contributed by atoms with Gasteiger partial charge in [0.2, 0.25) is 0 Å². The van der Waals surface area contributed by atoms with Crippen LogP contribution in [0.3, 0.4) is 0 Å². The van der Waals surface area contributed by atoms with E-state index in [4.69, 9.17) is 0 Å². The quantitative estimate of drug-likeness (QED) is 0.460. The Morgan fingerprint density at radius 1 is 1.12 bits per heavy atom. The average molecular weight is 228 g/mol. The number of nitrogens with zero attached hydrogens (tertiary/aromatic N) is 1. The van der Waals surface area contributed by atoms with Crippen LogP contribution in [0.25, 0.3) is 0 Å². The Labute approximate surface area is 102 Å². The molecule has 0 spiro atoms. The van der Waals surface area contributed by atoms with Crippen molar-refractivity contribution >= 4 is 5.78 Å². The molecule has 0 unspecified atom stereocenters. The normalized spacial score (nSPS) is 12.9. The van der Waals surface area contributed by atoms with Crippen LogP contribution >= 0.6 is 0 Å². The number of carbonyl (C=O) groups excluding carboxylic acids is 1. The van der Waals surface area contributed by atoms with E-state index >= 15 is 0 Å². The summed E-state index contributed by atoms with van der Waals surface area (Å²) in [4.78, 5) is 11.9. The van der Waals surface area contributed by atoms with Crippen molar-refractivity contribution in [2.45, 2.75) is 53.4 Å². The Hall–Kier alpha value is -0.370. The van der Waals surface area contributed by atoms with Crippen LogP contribution in [0.1, 0.15) is 53.4 Å². The lowest BCUT2D eigenvalue weighted by Crippen LogP contribution is -2.40. The number of hydrogen-bond donors (Lipinski definition) is 0. The second-order valence-corrected chi connectivity index (χ2v) is 6.09. The fourth-order valence-corrected chi connectivity index (χ4v) is 1.52. The average Bonchev–Trinajstić information content (AvgIpc) is 2.24. The predicted octanol–water partition coefficient (Wildman–Crippen LogP) is 3.26. The summed E-state index contributed by atoms with van der Waals surface area (Å²) in [5, 5.41) is 0. The minimum atomic E-state index is -0.116. The molecular weight excluding hydrogens is 198 g/mol. The van der Waals surface area contributed by atoms with Gasteiger partial charge in [-0.1, -0.05) is 20.8 Å². The van der Waals surface area contributed by atoms with Crippen LogP contribution in [0.5, 0.6) is 0 Å². The maximum absolute atomic E-state index is 11.9. The number of carbonyl (C=O) groups is 1. The molecule has 0 aliphatic heterocycles. The van der Waals surface area contributed by atoms with Crippen LogP contribution < -0.4 is 0 Å². The molecule has 0 fully saturated rings. The first-order valence-electron chi connectivity index (χ1n) is 6.60. The summed E-state index contributed by atoms with van der Waals surface area (Å²) in [5.74, 6) is 0.428. The summed E-state index contributed by atoms with van der Waals surface area (Å²) in [7, 11) is 4.50. The Kier molecular flexibility index (Phi) is 6.24. The number of Topliss-reactive ketones (excluding diaryl/α,β-unsaturated/α-hetero) is 1. The largest absolute Gasteiger partial charge is 0.329 e. The van der Waals surface area contributed by atoms with Crippen LogP contribution in [0.4, 0.5) is 0 Å². The predicted molar refractivity (Wildman–Crippen MR) is 70.4 cm³/mol. The van der Waals surface area contributed by atoms with E-state index in [0.29, 0.717) is 5.78 Å². The molecule has 0 amide bonds. The van der Waals surface area contributed by atoms with E-state index in [-0.39, 0.29) is 5.41 Å². The van der Waals surface area contributed by atoms with E-state index in [2.05, 4.69) is 41.8 Å². The zero-order valence-electron chi connectivity index (χ0n) is 12.1. The molecule has 2 heteroatoms. The molecule has 0 rings (SSSR count). The van der Waals surface area contributed by atoms with Crippen LogP contribution in [0, 0.1) is 5.41 Å². The van der Waals surface area contributed by atoms with Crippen molar-refractivity contribution in [1.82, 2.24) is 0 Å². The van der Waals surface area contributed by atoms with Crippen molar-refractivity contribution in [2.75, 3.05) is 27.2 Å². The fourth-order valence-electron chi connectivity index (χ4n) is 1.52. The molecule has 0 aromatic carbocycles. The van der Waals surface area contributed by atoms with Crippen LogP contribution in [0.15, 0.2) is 0 Å². The second-order valence-electron chi connectivity index (χ2n) is 6.09. The third-order valence-electron chi connectivity index (χ3n) is 3.91. The number of ketones is 1. The van der Waals surface area contributed by atoms with Crippen molar-refractivity contribution < 1.29 is 9.28 Å². The summed E-state index contributed by atoms with van der Waals surface area (Å²) in [5.41, 5.74) is -0.116. The summed E-state index contributed by atoms with van der Waals surface area (Å²) >= 11 is 0. The summed E-state index contributed by atoms with van der Waals surface area (Å²) in [6, 6.07) is 0. The summed E-state index contributed by atoms with van der Waals surface area (Å²) in [6.07, 6.45) is 3.91. The van der Waals surface area contributed by atoms with Gasteiger partial charge in [0.25, 0.3) is 0 Å². The van der Waals surface area contributed by atoms with Gasteiger partial charge in [0, 0.05) is 11.8 Å². The highest BCUT2D eigenvalue weighted by molar-refractivity contribution is 5.83. The molecule has 0 atom stereocenters. The Morgan fingerprint density at radius 3 is 2.12 bits per heavy atom. The van der Waals surface area contributed by atoms with Gasteiger partial charge in [-0.05, 0) is 26.2 Å².